The van der Waals surface area contributed by atoms with Gasteiger partial charge in [0.1, 0.15) is 11.4 Å². The average molecular weight is 299 g/mol. The number of aromatic nitrogens is 1. The van der Waals surface area contributed by atoms with Crippen LogP contribution in [0, 0.1) is 0 Å². The van der Waals surface area contributed by atoms with Crippen LogP contribution in [0.1, 0.15) is 17.3 Å². The summed E-state index contributed by atoms with van der Waals surface area (Å²) in [6.45, 7) is 2.59. The number of hydrogen-bond acceptors (Lipinski definition) is 7. The molecule has 1 fully saturated rings. The van der Waals surface area contributed by atoms with Crippen LogP contribution in [0.25, 0.3) is 0 Å². The first-order chi connectivity index (χ1) is 9.43. The number of sulfone groups is 1. The lowest BCUT2D eigenvalue weighted by Crippen LogP contribution is -2.41. The molecular weight excluding hydrogens is 282 g/mol. The van der Waals surface area contributed by atoms with Gasteiger partial charge in [0.05, 0.1) is 30.0 Å². The monoisotopic (exact) mass is 299 g/mol. The Hall–Kier alpha value is -1.83. The summed E-state index contributed by atoms with van der Waals surface area (Å²) in [5, 5.41) is 0. The minimum Gasteiger partial charge on any atom is -0.462 e. The van der Waals surface area contributed by atoms with Gasteiger partial charge in [-0.2, -0.15) is 0 Å². The van der Waals surface area contributed by atoms with Crippen LogP contribution in [0.4, 0.5) is 11.5 Å². The number of nitrogen functional groups attached to an aromatic ring is 1. The maximum Gasteiger partial charge on any atom is 0.341 e. The van der Waals surface area contributed by atoms with E-state index in [9.17, 15) is 13.2 Å². The SMILES string of the molecule is CCOC(=O)c1cc(N)cnc1N1CCS(=O)(=O)CC1. The number of pyridine rings is 1. The summed E-state index contributed by atoms with van der Waals surface area (Å²) in [6, 6.07) is 1.50. The van der Waals surface area contributed by atoms with Crippen LogP contribution in [0.3, 0.4) is 0 Å². The smallest absolute Gasteiger partial charge is 0.341 e. The maximum atomic E-state index is 11.9. The largest absolute Gasteiger partial charge is 0.462 e. The third-order valence-corrected chi connectivity index (χ3v) is 4.64. The number of carbonyl (C=O) groups is 1. The van der Waals surface area contributed by atoms with Gasteiger partial charge in [0.15, 0.2) is 9.84 Å². The van der Waals surface area contributed by atoms with Crippen LogP contribution >= 0.6 is 0 Å². The van der Waals surface area contributed by atoms with Crippen molar-refractivity contribution in [3.05, 3.63) is 17.8 Å². The molecule has 1 saturated heterocycles. The molecular formula is C12H17N3O4S. The molecule has 0 bridgehead atoms. The highest BCUT2D eigenvalue weighted by atomic mass is 32.2. The Labute approximate surface area is 117 Å². The van der Waals surface area contributed by atoms with Crippen molar-refractivity contribution in [3.63, 3.8) is 0 Å². The molecule has 8 heteroatoms. The van der Waals surface area contributed by atoms with E-state index in [0.29, 0.717) is 24.6 Å². The molecule has 2 rings (SSSR count). The first-order valence-electron chi connectivity index (χ1n) is 6.31. The molecule has 0 aromatic carbocycles. The Morgan fingerprint density at radius 1 is 1.45 bits per heavy atom. The lowest BCUT2D eigenvalue weighted by Gasteiger charge is -2.28. The molecule has 1 aromatic heterocycles. The van der Waals surface area contributed by atoms with Crippen molar-refractivity contribution in [2.75, 3.05) is 41.8 Å². The number of rotatable bonds is 3. The van der Waals surface area contributed by atoms with Crippen molar-refractivity contribution in [3.8, 4) is 0 Å². The number of carbonyl (C=O) groups excluding carboxylic acids is 1. The topological polar surface area (TPSA) is 103 Å². The predicted octanol–water partition coefficient (Wildman–Crippen LogP) is 0.0753. The Balaban J connectivity index is 2.29. The van der Waals surface area contributed by atoms with Gasteiger partial charge in [0, 0.05) is 13.1 Å². The summed E-state index contributed by atoms with van der Waals surface area (Å²) in [7, 11) is -2.99. The number of ether oxygens (including phenoxy) is 1. The molecule has 0 amide bonds. The van der Waals surface area contributed by atoms with Gasteiger partial charge in [0.2, 0.25) is 0 Å². The van der Waals surface area contributed by atoms with E-state index in [-0.39, 0.29) is 23.7 Å². The maximum absolute atomic E-state index is 11.9. The quantitative estimate of drug-likeness (QED) is 0.788. The number of esters is 1. The van der Waals surface area contributed by atoms with Crippen LogP contribution < -0.4 is 10.6 Å². The van der Waals surface area contributed by atoms with Gasteiger partial charge in [-0.15, -0.1) is 0 Å². The predicted molar refractivity (Wildman–Crippen MR) is 75.5 cm³/mol. The zero-order valence-corrected chi connectivity index (χ0v) is 12.0. The molecule has 7 nitrogen and oxygen atoms in total. The van der Waals surface area contributed by atoms with E-state index in [4.69, 9.17) is 10.5 Å². The minimum absolute atomic E-state index is 0.0569. The average Bonchev–Trinajstić information content (AvgIpc) is 2.39. The van der Waals surface area contributed by atoms with E-state index in [1.165, 1.54) is 12.3 Å². The fourth-order valence-electron chi connectivity index (χ4n) is 2.01. The first kappa shape index (κ1) is 14.6. The van der Waals surface area contributed by atoms with Crippen LogP contribution in [-0.2, 0) is 14.6 Å². The van der Waals surface area contributed by atoms with Gasteiger partial charge in [-0.05, 0) is 13.0 Å². The summed E-state index contributed by atoms with van der Waals surface area (Å²) >= 11 is 0. The summed E-state index contributed by atoms with van der Waals surface area (Å²) in [5.41, 5.74) is 6.28. The third kappa shape index (κ3) is 3.19. The summed E-state index contributed by atoms with van der Waals surface area (Å²) < 4.78 is 27.9. The fourth-order valence-corrected chi connectivity index (χ4v) is 3.21. The van der Waals surface area contributed by atoms with Gasteiger partial charge in [-0.25, -0.2) is 18.2 Å². The van der Waals surface area contributed by atoms with Crippen molar-refractivity contribution in [1.29, 1.82) is 0 Å². The van der Waals surface area contributed by atoms with Gasteiger partial charge in [-0.1, -0.05) is 0 Å². The van der Waals surface area contributed by atoms with E-state index in [1.54, 1.807) is 11.8 Å². The second-order valence-electron chi connectivity index (χ2n) is 4.50. The zero-order valence-electron chi connectivity index (χ0n) is 11.2. The number of nitrogens with zero attached hydrogens (tertiary/aromatic N) is 2. The molecule has 0 unspecified atom stereocenters. The van der Waals surface area contributed by atoms with Gasteiger partial charge in [-0.3, -0.25) is 0 Å². The van der Waals surface area contributed by atoms with Crippen molar-refractivity contribution in [2.24, 2.45) is 0 Å². The highest BCUT2D eigenvalue weighted by molar-refractivity contribution is 7.91. The molecule has 2 heterocycles. The van der Waals surface area contributed by atoms with Crippen molar-refractivity contribution < 1.29 is 17.9 Å². The first-order valence-corrected chi connectivity index (χ1v) is 8.13. The van der Waals surface area contributed by atoms with Crippen molar-refractivity contribution in [2.45, 2.75) is 6.92 Å². The van der Waals surface area contributed by atoms with E-state index >= 15 is 0 Å². The van der Waals surface area contributed by atoms with E-state index in [2.05, 4.69) is 4.98 Å². The Morgan fingerprint density at radius 3 is 2.70 bits per heavy atom. The molecule has 20 heavy (non-hydrogen) atoms. The summed E-state index contributed by atoms with van der Waals surface area (Å²) in [4.78, 5) is 17.9. The van der Waals surface area contributed by atoms with E-state index < -0.39 is 15.8 Å². The molecule has 1 aliphatic heterocycles. The Morgan fingerprint density at radius 2 is 2.10 bits per heavy atom. The third-order valence-electron chi connectivity index (χ3n) is 3.03. The molecule has 0 atom stereocenters. The normalized spacial score (nSPS) is 17.8. The van der Waals surface area contributed by atoms with E-state index in [0.717, 1.165) is 0 Å². The van der Waals surface area contributed by atoms with Crippen LogP contribution in [-0.4, -0.2) is 50.6 Å². The van der Waals surface area contributed by atoms with Crippen LogP contribution in [0.5, 0.6) is 0 Å². The number of hydrogen-bond donors (Lipinski definition) is 1. The van der Waals surface area contributed by atoms with Gasteiger partial charge in [0.25, 0.3) is 0 Å². The molecule has 0 spiro atoms. The Bertz CT molecular complexity index is 601. The second kappa shape index (κ2) is 5.66. The summed E-state index contributed by atoms with van der Waals surface area (Å²) in [5.74, 6) is 0.0334. The van der Waals surface area contributed by atoms with Crippen LogP contribution in [0.15, 0.2) is 12.3 Å². The molecule has 2 N–H and O–H groups in total. The molecule has 0 aliphatic carbocycles. The molecule has 0 saturated carbocycles. The lowest BCUT2D eigenvalue weighted by molar-refractivity contribution is 0.0526. The molecule has 110 valence electrons. The van der Waals surface area contributed by atoms with Crippen molar-refractivity contribution in [1.82, 2.24) is 4.98 Å². The van der Waals surface area contributed by atoms with Gasteiger partial charge >= 0.3 is 5.97 Å². The zero-order chi connectivity index (χ0) is 14.8. The minimum atomic E-state index is -2.99. The Kier molecular flexibility index (Phi) is 4.12. The second-order valence-corrected chi connectivity index (χ2v) is 6.80. The van der Waals surface area contributed by atoms with E-state index in [1.807, 2.05) is 0 Å². The standard InChI is InChI=1S/C12H17N3O4S/c1-2-19-12(16)10-7-9(13)8-14-11(10)15-3-5-20(17,18)6-4-15/h7-8H,2-6,13H2,1H3. The highest BCUT2D eigenvalue weighted by Gasteiger charge is 2.26. The van der Waals surface area contributed by atoms with Crippen LogP contribution in [0.2, 0.25) is 0 Å². The molecule has 0 radical (unpaired) electrons. The van der Waals surface area contributed by atoms with Crippen molar-refractivity contribution >= 4 is 27.3 Å². The number of nitrogens with two attached hydrogens (primary N) is 1. The molecule has 1 aromatic rings. The number of anilines is 2. The fraction of sp³-hybridized carbons (Fsp3) is 0.500. The highest BCUT2D eigenvalue weighted by Crippen LogP contribution is 2.22. The van der Waals surface area contributed by atoms with Gasteiger partial charge < -0.3 is 15.4 Å². The molecule has 1 aliphatic rings. The lowest BCUT2D eigenvalue weighted by atomic mass is 10.2. The summed E-state index contributed by atoms with van der Waals surface area (Å²) in [6.07, 6.45) is 1.45.